The van der Waals surface area contributed by atoms with Crippen molar-refractivity contribution in [3.05, 3.63) is 28.7 Å². The van der Waals surface area contributed by atoms with Gasteiger partial charge in [0.2, 0.25) is 0 Å². The Kier molecular flexibility index (Phi) is 6.51. The molecule has 1 aromatic carbocycles. The summed E-state index contributed by atoms with van der Waals surface area (Å²) in [7, 11) is 0. The third-order valence-corrected chi connectivity index (χ3v) is 5.34. The van der Waals surface area contributed by atoms with Gasteiger partial charge in [0, 0.05) is 37.2 Å². The highest BCUT2D eigenvalue weighted by atomic mass is 79.9. The molecule has 1 aromatic rings. The van der Waals surface area contributed by atoms with E-state index < -0.39 is 0 Å². The molecule has 0 radical (unpaired) electrons. The average molecular weight is 396 g/mol. The molecule has 2 heterocycles. The van der Waals surface area contributed by atoms with Crippen molar-refractivity contribution in [2.75, 3.05) is 52.4 Å². The summed E-state index contributed by atoms with van der Waals surface area (Å²) in [6, 6.07) is 7.57. The summed E-state index contributed by atoms with van der Waals surface area (Å²) >= 11 is 3.39. The van der Waals surface area contributed by atoms with Gasteiger partial charge in [-0.2, -0.15) is 0 Å². The first kappa shape index (κ1) is 17.7. The van der Waals surface area contributed by atoms with Crippen LogP contribution < -0.4 is 10.1 Å². The molecule has 2 fully saturated rings. The van der Waals surface area contributed by atoms with Gasteiger partial charge in [-0.1, -0.05) is 15.9 Å². The number of hydrogen-bond donors (Lipinski definition) is 1. The number of piperazine rings is 1. The van der Waals surface area contributed by atoms with Gasteiger partial charge in [0.25, 0.3) is 5.91 Å². The largest absolute Gasteiger partial charge is 0.484 e. The molecule has 1 unspecified atom stereocenters. The molecular weight excluding hydrogens is 370 g/mol. The van der Waals surface area contributed by atoms with Crippen LogP contribution in [0.5, 0.6) is 5.75 Å². The lowest BCUT2D eigenvalue weighted by molar-refractivity contribution is -0.135. The van der Waals surface area contributed by atoms with Crippen LogP contribution in [0.1, 0.15) is 12.8 Å². The molecule has 24 heavy (non-hydrogen) atoms. The molecule has 0 aliphatic carbocycles. The normalized spacial score (nSPS) is 22.4. The molecule has 132 valence electrons. The molecule has 0 aromatic heterocycles. The van der Waals surface area contributed by atoms with E-state index in [1.165, 1.54) is 12.8 Å². The van der Waals surface area contributed by atoms with Crippen LogP contribution in [0.3, 0.4) is 0 Å². The fourth-order valence-electron chi connectivity index (χ4n) is 3.39. The summed E-state index contributed by atoms with van der Waals surface area (Å²) in [5, 5.41) is 3.48. The maximum absolute atomic E-state index is 12.3. The third kappa shape index (κ3) is 5.19. The van der Waals surface area contributed by atoms with Crippen LogP contribution >= 0.6 is 15.9 Å². The van der Waals surface area contributed by atoms with E-state index in [0.717, 1.165) is 62.0 Å². The summed E-state index contributed by atoms with van der Waals surface area (Å²) in [6.07, 6.45) is 2.61. The first-order chi connectivity index (χ1) is 11.7. The van der Waals surface area contributed by atoms with Crippen molar-refractivity contribution in [2.45, 2.75) is 12.8 Å². The summed E-state index contributed by atoms with van der Waals surface area (Å²) in [5.41, 5.74) is 0. The Morgan fingerprint density at radius 3 is 2.62 bits per heavy atom. The first-order valence-electron chi connectivity index (χ1n) is 8.80. The second-order valence-electron chi connectivity index (χ2n) is 6.64. The Labute approximate surface area is 152 Å². The van der Waals surface area contributed by atoms with Crippen molar-refractivity contribution in [3.8, 4) is 5.75 Å². The molecule has 2 aliphatic rings. The topological polar surface area (TPSA) is 44.8 Å². The quantitative estimate of drug-likeness (QED) is 0.827. The van der Waals surface area contributed by atoms with Crippen molar-refractivity contribution in [1.29, 1.82) is 0 Å². The standard InChI is InChI=1S/C18H26BrN3O2/c19-16-3-5-17(6-4-16)24-14-18(23)22-10-8-21(9-11-22)13-15-2-1-7-20-12-15/h3-6,15,20H,1-2,7-14H2. The number of nitrogens with one attached hydrogen (secondary N) is 1. The smallest absolute Gasteiger partial charge is 0.260 e. The zero-order chi connectivity index (χ0) is 16.8. The Morgan fingerprint density at radius 2 is 1.96 bits per heavy atom. The maximum atomic E-state index is 12.3. The van der Waals surface area contributed by atoms with Crippen LogP contribution in [0.4, 0.5) is 0 Å². The molecule has 0 bridgehead atoms. The van der Waals surface area contributed by atoms with Crippen LogP contribution in [0.25, 0.3) is 0 Å². The van der Waals surface area contributed by atoms with Gasteiger partial charge in [0.1, 0.15) is 5.75 Å². The monoisotopic (exact) mass is 395 g/mol. The Balaban J connectivity index is 1.37. The minimum atomic E-state index is 0.0805. The number of carbonyl (C=O) groups excluding carboxylic acids is 1. The molecule has 0 saturated carbocycles. The highest BCUT2D eigenvalue weighted by Crippen LogP contribution is 2.16. The Morgan fingerprint density at radius 1 is 1.21 bits per heavy atom. The maximum Gasteiger partial charge on any atom is 0.260 e. The highest BCUT2D eigenvalue weighted by molar-refractivity contribution is 9.10. The number of piperidine rings is 1. The number of halogens is 1. The van der Waals surface area contributed by atoms with Crippen molar-refractivity contribution >= 4 is 21.8 Å². The molecule has 2 saturated heterocycles. The third-order valence-electron chi connectivity index (χ3n) is 4.82. The molecule has 2 aliphatic heterocycles. The summed E-state index contributed by atoms with van der Waals surface area (Å²) in [5.74, 6) is 1.58. The van der Waals surface area contributed by atoms with Gasteiger partial charge in [-0.05, 0) is 56.1 Å². The van der Waals surface area contributed by atoms with Crippen molar-refractivity contribution < 1.29 is 9.53 Å². The van der Waals surface area contributed by atoms with E-state index >= 15 is 0 Å². The van der Waals surface area contributed by atoms with E-state index in [9.17, 15) is 4.79 Å². The second-order valence-corrected chi connectivity index (χ2v) is 7.55. The molecular formula is C18H26BrN3O2. The van der Waals surface area contributed by atoms with Crippen LogP contribution in [-0.2, 0) is 4.79 Å². The van der Waals surface area contributed by atoms with Crippen molar-refractivity contribution in [2.24, 2.45) is 5.92 Å². The number of hydrogen-bond acceptors (Lipinski definition) is 4. The lowest BCUT2D eigenvalue weighted by Crippen LogP contribution is -2.51. The number of amides is 1. The fourth-order valence-corrected chi connectivity index (χ4v) is 3.66. The SMILES string of the molecule is O=C(COc1ccc(Br)cc1)N1CCN(CC2CCCNC2)CC1. The molecule has 1 atom stereocenters. The van der Waals surface area contributed by atoms with E-state index in [-0.39, 0.29) is 12.5 Å². The number of benzene rings is 1. The van der Waals surface area contributed by atoms with Crippen LogP contribution in [0.2, 0.25) is 0 Å². The summed E-state index contributed by atoms with van der Waals surface area (Å²) in [6.45, 7) is 7.14. The Hall–Kier alpha value is -1.11. The first-order valence-corrected chi connectivity index (χ1v) is 9.59. The van der Waals surface area contributed by atoms with Gasteiger partial charge >= 0.3 is 0 Å². The zero-order valence-corrected chi connectivity index (χ0v) is 15.6. The number of carbonyl (C=O) groups is 1. The predicted molar refractivity (Wildman–Crippen MR) is 98.3 cm³/mol. The fraction of sp³-hybridized carbons (Fsp3) is 0.611. The van der Waals surface area contributed by atoms with Gasteiger partial charge in [-0.25, -0.2) is 0 Å². The highest BCUT2D eigenvalue weighted by Gasteiger charge is 2.24. The number of nitrogens with zero attached hydrogens (tertiary/aromatic N) is 2. The van der Waals surface area contributed by atoms with Crippen LogP contribution in [0.15, 0.2) is 28.7 Å². The summed E-state index contributed by atoms with van der Waals surface area (Å²) in [4.78, 5) is 16.7. The van der Waals surface area contributed by atoms with Crippen molar-refractivity contribution in [3.63, 3.8) is 0 Å². The van der Waals surface area contributed by atoms with Gasteiger partial charge in [-0.3, -0.25) is 9.69 Å². The molecule has 6 heteroatoms. The minimum absolute atomic E-state index is 0.0805. The lowest BCUT2D eigenvalue weighted by atomic mass is 9.99. The molecule has 0 spiro atoms. The van der Waals surface area contributed by atoms with E-state index in [2.05, 4.69) is 26.1 Å². The molecule has 1 amide bonds. The average Bonchev–Trinajstić information content (AvgIpc) is 2.62. The van der Waals surface area contributed by atoms with Gasteiger partial charge in [0.05, 0.1) is 0 Å². The second kappa shape index (κ2) is 8.83. The summed E-state index contributed by atoms with van der Waals surface area (Å²) < 4.78 is 6.60. The van der Waals surface area contributed by atoms with E-state index in [0.29, 0.717) is 0 Å². The molecule has 1 N–H and O–H groups in total. The van der Waals surface area contributed by atoms with E-state index in [1.54, 1.807) is 0 Å². The van der Waals surface area contributed by atoms with Crippen LogP contribution in [-0.4, -0.2) is 68.1 Å². The zero-order valence-electron chi connectivity index (χ0n) is 14.0. The minimum Gasteiger partial charge on any atom is -0.484 e. The molecule has 3 rings (SSSR count). The predicted octanol–water partition coefficient (Wildman–Crippen LogP) is 1.97. The van der Waals surface area contributed by atoms with E-state index in [4.69, 9.17) is 4.74 Å². The van der Waals surface area contributed by atoms with Gasteiger partial charge in [0.15, 0.2) is 6.61 Å². The van der Waals surface area contributed by atoms with Gasteiger partial charge < -0.3 is 15.0 Å². The van der Waals surface area contributed by atoms with Crippen LogP contribution in [0, 0.1) is 5.92 Å². The molecule has 5 nitrogen and oxygen atoms in total. The lowest BCUT2D eigenvalue weighted by Gasteiger charge is -2.37. The number of ether oxygens (including phenoxy) is 1. The van der Waals surface area contributed by atoms with E-state index in [1.807, 2.05) is 29.2 Å². The number of rotatable bonds is 5. The Bertz CT molecular complexity index is 524. The van der Waals surface area contributed by atoms with Crippen molar-refractivity contribution in [1.82, 2.24) is 15.1 Å². The van der Waals surface area contributed by atoms with Gasteiger partial charge in [-0.15, -0.1) is 0 Å².